The fourth-order valence-electron chi connectivity index (χ4n) is 7.94. The van der Waals surface area contributed by atoms with Crippen molar-refractivity contribution in [1.29, 1.82) is 0 Å². The molecule has 2 atom stereocenters. The van der Waals surface area contributed by atoms with Crippen LogP contribution < -0.4 is 30.0 Å². The summed E-state index contributed by atoms with van der Waals surface area (Å²) in [6.07, 6.45) is 15.0. The first-order valence-electron chi connectivity index (χ1n) is 28.4. The van der Waals surface area contributed by atoms with Crippen molar-refractivity contribution in [3.63, 3.8) is 0 Å². The molecule has 0 radical (unpaired) electrons. The van der Waals surface area contributed by atoms with E-state index in [4.69, 9.17) is 47.1 Å². The topological polar surface area (TPSA) is 370 Å². The van der Waals surface area contributed by atoms with E-state index in [1.165, 1.54) is 49.3 Å². The van der Waals surface area contributed by atoms with Crippen LogP contribution in [-0.2, 0) is 36.1 Å². The standard InChI is InChI=1S/C24H26N6O5.C19H21N3O6.C9H21O6P3.C5H7N3/c1-15-10-27-21(12-25-15)29-23(31)17-7-18(34-16(2)14-33-3)9-19(8-17)35-22-13-26-20(11-28-22)24(32)30-5-4-6-30;1-12(11-26-2)27-14-6-13(19(24)25)7-15(8-14)28-17-10-20-16(9-21-17)18(23)22-4-3-5-22;1-4-7-16(10)13-17(11,8-5-2)15-18(12,14-16)9-6-3;1-4-2-8-5(6)3-7-4/h7-13,16H,4-6,14H2,1-3H3,(H,27,29,31);6-10,12H,3-5,11H2,1-2H3,(H,24,25);4-9H2,1-3H3;2-3H,1H3,(H2,6,8)/t16-;12-;;/m00../s1. The number of carboxylic acid groups (broad SMARTS) is 1. The van der Waals surface area contributed by atoms with Gasteiger partial charge in [-0.2, -0.15) is 0 Å². The third-order valence-corrected chi connectivity index (χ3v) is 21.2. The number of nitrogens with two attached hydrogens (primary N) is 1. The Morgan fingerprint density at radius 1 is 0.562 bits per heavy atom. The van der Waals surface area contributed by atoms with Crippen LogP contribution in [0.5, 0.6) is 34.8 Å². The summed E-state index contributed by atoms with van der Waals surface area (Å²) in [5.74, 6) is 0.515. The van der Waals surface area contributed by atoms with Crippen LogP contribution in [0.4, 0.5) is 11.6 Å². The van der Waals surface area contributed by atoms with Crippen LogP contribution in [0, 0.1) is 13.8 Å². The van der Waals surface area contributed by atoms with Crippen molar-refractivity contribution in [3.8, 4) is 34.8 Å². The number of nitrogens with zero attached hydrogens (tertiary/aromatic N) is 10. The molecule has 3 fully saturated rings. The lowest BCUT2D eigenvalue weighted by atomic mass is 10.2. The van der Waals surface area contributed by atoms with Gasteiger partial charge in [0.25, 0.3) is 17.7 Å². The second-order valence-corrected chi connectivity index (χ2v) is 27.2. The Morgan fingerprint density at radius 3 is 1.31 bits per heavy atom. The Kier molecular flexibility index (Phi) is 26.5. The molecule has 4 N–H and O–H groups in total. The number of hydrogen-bond acceptors (Lipinski definition) is 25. The zero-order valence-electron chi connectivity index (χ0n) is 51.0. The van der Waals surface area contributed by atoms with Crippen LogP contribution in [0.2, 0.25) is 0 Å². The van der Waals surface area contributed by atoms with Crippen molar-refractivity contribution in [1.82, 2.24) is 49.7 Å². The van der Waals surface area contributed by atoms with Gasteiger partial charge in [0.15, 0.2) is 5.82 Å². The molecule has 0 spiro atoms. The summed E-state index contributed by atoms with van der Waals surface area (Å²) in [6, 6.07) is 9.09. The second-order valence-electron chi connectivity index (χ2n) is 20.3. The van der Waals surface area contributed by atoms with Gasteiger partial charge < -0.3 is 54.4 Å². The van der Waals surface area contributed by atoms with E-state index in [1.54, 1.807) is 95.3 Å². The maximum absolute atomic E-state index is 12.9. The minimum atomic E-state index is -3.57. The van der Waals surface area contributed by atoms with Gasteiger partial charge in [-0.1, -0.05) is 20.8 Å². The molecule has 6 aromatic rings. The average molecular weight is 1290 g/mol. The van der Waals surface area contributed by atoms with E-state index in [-0.39, 0.29) is 82.5 Å². The van der Waals surface area contributed by atoms with Gasteiger partial charge in [0.1, 0.15) is 52.4 Å². The van der Waals surface area contributed by atoms with E-state index in [1.807, 2.05) is 13.8 Å². The zero-order valence-corrected chi connectivity index (χ0v) is 53.7. The van der Waals surface area contributed by atoms with E-state index >= 15 is 0 Å². The molecule has 4 aromatic heterocycles. The molecule has 2 aromatic carbocycles. The molecule has 0 aliphatic carbocycles. The van der Waals surface area contributed by atoms with Gasteiger partial charge in [-0.25, -0.2) is 47.6 Å². The summed E-state index contributed by atoms with van der Waals surface area (Å²) in [4.78, 5) is 84.6. The van der Waals surface area contributed by atoms with Crippen molar-refractivity contribution < 1.29 is 79.3 Å². The second kappa shape index (κ2) is 33.6. The number of anilines is 2. The quantitative estimate of drug-likeness (QED) is 0.0502. The predicted molar refractivity (Wildman–Crippen MR) is 326 cm³/mol. The van der Waals surface area contributed by atoms with Crippen LogP contribution in [0.3, 0.4) is 0 Å². The van der Waals surface area contributed by atoms with Crippen LogP contribution in [-0.4, -0.2) is 163 Å². The third-order valence-electron chi connectivity index (χ3n) is 12.2. The summed E-state index contributed by atoms with van der Waals surface area (Å²) in [7, 11) is -7.57. The summed E-state index contributed by atoms with van der Waals surface area (Å²) < 4.78 is 85.4. The number of carbonyl (C=O) groups excluding carboxylic acids is 3. The van der Waals surface area contributed by atoms with Crippen molar-refractivity contribution in [3.05, 3.63) is 120 Å². The van der Waals surface area contributed by atoms with Gasteiger partial charge in [0, 0.05) is 58.1 Å². The lowest BCUT2D eigenvalue weighted by molar-refractivity contribution is 0.0638. The molecule has 29 nitrogen and oxygen atoms in total. The molecule has 7 heterocycles. The fraction of sp³-hybridized carbons (Fsp3) is 0.439. The van der Waals surface area contributed by atoms with Gasteiger partial charge in [-0.05, 0) is 84.1 Å². The monoisotopic (exact) mass is 1290 g/mol. The summed E-state index contributed by atoms with van der Waals surface area (Å²) >= 11 is 0. The van der Waals surface area contributed by atoms with E-state index in [0.717, 1.165) is 50.4 Å². The molecular weight excluding hydrogens is 1220 g/mol. The minimum absolute atomic E-state index is 0.00894. The number of amides is 3. The number of rotatable bonds is 23. The van der Waals surface area contributed by atoms with E-state index in [0.29, 0.717) is 61.4 Å². The summed E-state index contributed by atoms with van der Waals surface area (Å²) in [5.41, 5.74) is 7.66. The Bertz CT molecular complexity index is 3360. The number of aromatic carboxylic acids is 1. The SMILES string of the molecule is CCCP1(=O)OP(=O)(CCC)OP(=O)(CCC)O1.COC[C@H](C)Oc1cc(Oc2cnc(C(=O)N3CCC3)cn2)cc(C(=O)Nc2cnc(C)cn2)c1.COC[C@H](C)Oc1cc(Oc2cnc(C(=O)N3CCC3)cn2)cc(C(=O)O)c1.Cc1cnc(N)cn1. The van der Waals surface area contributed by atoms with E-state index in [2.05, 4.69) is 45.2 Å². The van der Waals surface area contributed by atoms with Crippen LogP contribution in [0.25, 0.3) is 0 Å². The Hall–Kier alpha value is -7.87. The maximum atomic E-state index is 12.9. The number of nitrogens with one attached hydrogen (secondary N) is 1. The van der Waals surface area contributed by atoms with Gasteiger partial charge in [0.05, 0.1) is 98.2 Å². The first-order valence-corrected chi connectivity index (χ1v) is 33.6. The fourth-order valence-corrected chi connectivity index (χ4v) is 17.3. The zero-order chi connectivity index (χ0) is 64.7. The molecule has 0 bridgehead atoms. The Balaban J connectivity index is 0.000000208. The highest BCUT2D eigenvalue weighted by atomic mass is 31.3. The number of hydrogen-bond donors (Lipinski definition) is 3. The maximum Gasteiger partial charge on any atom is 0.345 e. The Morgan fingerprint density at radius 2 is 0.978 bits per heavy atom. The number of aryl methyl sites for hydroxylation is 2. The van der Waals surface area contributed by atoms with E-state index < -0.39 is 34.7 Å². The largest absolute Gasteiger partial charge is 0.488 e. The molecular formula is C57H75N12O17P3. The molecule has 3 aliphatic heterocycles. The lowest BCUT2D eigenvalue weighted by Crippen LogP contribution is -2.42. The molecule has 89 heavy (non-hydrogen) atoms. The average Bonchev–Trinajstić information content (AvgIpc) is 1.38. The van der Waals surface area contributed by atoms with Gasteiger partial charge in [0.2, 0.25) is 11.8 Å². The molecule has 3 aliphatic rings. The van der Waals surface area contributed by atoms with Crippen LogP contribution >= 0.6 is 22.8 Å². The highest BCUT2D eigenvalue weighted by Crippen LogP contribution is 2.82. The normalized spacial score (nSPS) is 18.8. The van der Waals surface area contributed by atoms with Crippen molar-refractivity contribution in [2.24, 2.45) is 0 Å². The van der Waals surface area contributed by atoms with Crippen molar-refractivity contribution in [2.75, 3.05) is 83.1 Å². The number of aromatic nitrogens is 8. The third kappa shape index (κ3) is 22.3. The van der Waals surface area contributed by atoms with Crippen LogP contribution in [0.1, 0.15) is 120 Å². The highest BCUT2D eigenvalue weighted by molar-refractivity contribution is 7.80. The van der Waals surface area contributed by atoms with Gasteiger partial charge >= 0.3 is 28.8 Å². The molecule has 480 valence electrons. The highest BCUT2D eigenvalue weighted by Gasteiger charge is 2.51. The lowest BCUT2D eigenvalue weighted by Gasteiger charge is -2.33. The molecule has 9 rings (SSSR count). The number of benzene rings is 2. The number of likely N-dealkylation sites (tertiary alicyclic amines) is 2. The summed E-state index contributed by atoms with van der Waals surface area (Å²) in [6.45, 7) is 16.4. The van der Waals surface area contributed by atoms with Crippen molar-refractivity contribution in [2.45, 2.75) is 92.8 Å². The first-order chi connectivity index (χ1) is 42.5. The minimum Gasteiger partial charge on any atom is -0.488 e. The molecule has 32 heteroatoms. The van der Waals surface area contributed by atoms with Gasteiger partial charge in [-0.15, -0.1) is 0 Å². The first kappa shape index (κ1) is 70.2. The molecule has 0 saturated carbocycles. The predicted octanol–water partition coefficient (Wildman–Crippen LogP) is 10.3. The summed E-state index contributed by atoms with van der Waals surface area (Å²) in [5, 5.41) is 12.0. The number of methoxy groups -OCH3 is 2. The van der Waals surface area contributed by atoms with Crippen LogP contribution in [0.15, 0.2) is 86.0 Å². The smallest absolute Gasteiger partial charge is 0.345 e. The molecule has 0 unspecified atom stereocenters. The molecule has 3 saturated heterocycles. The number of ether oxygens (including phenoxy) is 6. The van der Waals surface area contributed by atoms with Gasteiger partial charge in [-0.3, -0.25) is 38.0 Å². The number of nitrogen functional groups attached to an aromatic ring is 1. The van der Waals surface area contributed by atoms with E-state index in [9.17, 15) is 38.0 Å². The Labute approximate surface area is 515 Å². The molecule has 3 amide bonds. The number of carbonyl (C=O) groups is 4. The van der Waals surface area contributed by atoms with Crippen molar-refractivity contribution >= 4 is 58.1 Å². The number of carboxylic acids is 1.